The minimum Gasteiger partial charge on any atom is -0.360 e. The third-order valence-electron chi connectivity index (χ3n) is 5.89. The van der Waals surface area contributed by atoms with Crippen molar-refractivity contribution < 1.29 is 4.74 Å². The quantitative estimate of drug-likeness (QED) is 0.416. The topological polar surface area (TPSA) is 9.23 Å². The van der Waals surface area contributed by atoms with Gasteiger partial charge in [-0.2, -0.15) is 0 Å². The molecule has 148 valence electrons. The van der Waals surface area contributed by atoms with Crippen molar-refractivity contribution in [2.24, 2.45) is 0 Å². The molecule has 0 aliphatic carbocycles. The molecule has 0 radical (unpaired) electrons. The second-order valence-corrected chi connectivity index (χ2v) is 8.40. The van der Waals surface area contributed by atoms with E-state index in [0.29, 0.717) is 0 Å². The number of aryl methyl sites for hydroxylation is 2. The Bertz CT molecular complexity index is 658. The van der Waals surface area contributed by atoms with Crippen molar-refractivity contribution in [1.82, 2.24) is 0 Å². The van der Waals surface area contributed by atoms with Crippen molar-refractivity contribution in [1.29, 1.82) is 0 Å². The Labute approximate surface area is 167 Å². The maximum Gasteiger partial charge on any atom is 0.0917 e. The molecule has 0 bridgehead atoms. The summed E-state index contributed by atoms with van der Waals surface area (Å²) >= 11 is 0. The lowest BCUT2D eigenvalue weighted by Crippen LogP contribution is -2.38. The van der Waals surface area contributed by atoms with Gasteiger partial charge in [0.2, 0.25) is 0 Å². The Morgan fingerprint density at radius 2 is 1.04 bits per heavy atom. The summed E-state index contributed by atoms with van der Waals surface area (Å²) in [6.45, 7) is 13.5. The first kappa shape index (κ1) is 21.7. The van der Waals surface area contributed by atoms with Gasteiger partial charge in [-0.1, -0.05) is 88.1 Å². The van der Waals surface area contributed by atoms with Crippen molar-refractivity contribution in [3.8, 4) is 0 Å². The normalized spacial score (nSPS) is 15.9. The number of rotatable bonds is 10. The first-order valence-corrected chi connectivity index (χ1v) is 10.7. The van der Waals surface area contributed by atoms with E-state index in [4.69, 9.17) is 4.74 Å². The largest absolute Gasteiger partial charge is 0.360 e. The second kappa shape index (κ2) is 9.55. The molecule has 0 spiro atoms. The summed E-state index contributed by atoms with van der Waals surface area (Å²) in [6.07, 6.45) is 6.79. The van der Waals surface area contributed by atoms with Gasteiger partial charge in [-0.05, 0) is 62.8 Å². The number of benzene rings is 2. The van der Waals surface area contributed by atoms with E-state index in [1.807, 2.05) is 0 Å². The van der Waals surface area contributed by atoms with Crippen LogP contribution in [0.3, 0.4) is 0 Å². The summed E-state index contributed by atoms with van der Waals surface area (Å²) in [6, 6.07) is 17.5. The van der Waals surface area contributed by atoms with Crippen LogP contribution in [0, 0.1) is 13.8 Å². The lowest BCUT2D eigenvalue weighted by atomic mass is 9.82. The SMILES string of the molecule is CCCCC(C)(OC(C)(CCCC)c1ccccc1C)c1ccccc1C. The van der Waals surface area contributed by atoms with Crippen LogP contribution in [0.5, 0.6) is 0 Å². The van der Waals surface area contributed by atoms with E-state index >= 15 is 0 Å². The second-order valence-electron chi connectivity index (χ2n) is 8.40. The summed E-state index contributed by atoms with van der Waals surface area (Å²) < 4.78 is 7.16. The van der Waals surface area contributed by atoms with E-state index in [2.05, 4.69) is 90.1 Å². The Balaban J connectivity index is 2.50. The third-order valence-corrected chi connectivity index (χ3v) is 5.89. The van der Waals surface area contributed by atoms with Crippen LogP contribution in [0.15, 0.2) is 48.5 Å². The molecule has 0 aromatic heterocycles. The van der Waals surface area contributed by atoms with E-state index < -0.39 is 0 Å². The molecule has 2 atom stereocenters. The summed E-state index contributed by atoms with van der Waals surface area (Å²) in [5.41, 5.74) is 4.72. The van der Waals surface area contributed by atoms with E-state index in [1.54, 1.807) is 0 Å². The highest BCUT2D eigenvalue weighted by atomic mass is 16.5. The average molecular weight is 367 g/mol. The van der Waals surface area contributed by atoms with E-state index in [-0.39, 0.29) is 11.2 Å². The zero-order valence-corrected chi connectivity index (χ0v) is 18.3. The standard InChI is InChI=1S/C26H38O/c1-7-9-19-25(5,23-17-13-11-15-21(23)3)27-26(6,20-10-8-2)24-18-14-12-16-22(24)4/h11-18H,7-10,19-20H2,1-6H3. The molecule has 0 fully saturated rings. The van der Waals surface area contributed by atoms with Gasteiger partial charge in [0.15, 0.2) is 0 Å². The predicted octanol–water partition coefficient (Wildman–Crippen LogP) is 7.83. The van der Waals surface area contributed by atoms with Gasteiger partial charge in [0.05, 0.1) is 11.2 Å². The molecular formula is C26H38O. The number of ether oxygens (including phenoxy) is 1. The molecule has 2 unspecified atom stereocenters. The van der Waals surface area contributed by atoms with Crippen LogP contribution in [0.25, 0.3) is 0 Å². The van der Waals surface area contributed by atoms with Gasteiger partial charge in [0, 0.05) is 0 Å². The molecule has 2 aromatic rings. The molecule has 0 aliphatic heterocycles. The Morgan fingerprint density at radius 1 is 0.667 bits per heavy atom. The Kier molecular flexibility index (Phi) is 7.68. The van der Waals surface area contributed by atoms with Crippen molar-refractivity contribution in [3.05, 3.63) is 70.8 Å². The van der Waals surface area contributed by atoms with Crippen LogP contribution in [0.1, 0.15) is 88.5 Å². The van der Waals surface area contributed by atoms with Crippen molar-refractivity contribution in [2.45, 2.75) is 91.3 Å². The smallest absolute Gasteiger partial charge is 0.0917 e. The fourth-order valence-electron chi connectivity index (χ4n) is 4.34. The number of hydrogen-bond acceptors (Lipinski definition) is 1. The molecule has 0 saturated heterocycles. The van der Waals surface area contributed by atoms with E-state index in [9.17, 15) is 0 Å². The summed E-state index contributed by atoms with van der Waals surface area (Å²) in [5.74, 6) is 0. The van der Waals surface area contributed by atoms with E-state index in [0.717, 1.165) is 12.8 Å². The van der Waals surface area contributed by atoms with Gasteiger partial charge in [-0.3, -0.25) is 0 Å². The summed E-state index contributed by atoms with van der Waals surface area (Å²) in [4.78, 5) is 0. The highest BCUT2D eigenvalue weighted by Gasteiger charge is 2.39. The Hall–Kier alpha value is -1.60. The van der Waals surface area contributed by atoms with Crippen LogP contribution >= 0.6 is 0 Å². The molecule has 1 nitrogen and oxygen atoms in total. The molecule has 27 heavy (non-hydrogen) atoms. The number of unbranched alkanes of at least 4 members (excludes halogenated alkanes) is 2. The van der Waals surface area contributed by atoms with Gasteiger partial charge >= 0.3 is 0 Å². The highest BCUT2D eigenvalue weighted by molar-refractivity contribution is 5.34. The van der Waals surface area contributed by atoms with Crippen LogP contribution in [-0.2, 0) is 15.9 Å². The maximum atomic E-state index is 7.16. The highest BCUT2D eigenvalue weighted by Crippen LogP contribution is 2.43. The molecule has 2 aromatic carbocycles. The lowest BCUT2D eigenvalue weighted by molar-refractivity contribution is -0.160. The minimum absolute atomic E-state index is 0.286. The average Bonchev–Trinajstić information content (AvgIpc) is 2.65. The zero-order chi connectivity index (χ0) is 19.9. The monoisotopic (exact) mass is 366 g/mol. The van der Waals surface area contributed by atoms with Crippen LogP contribution in [-0.4, -0.2) is 0 Å². The van der Waals surface area contributed by atoms with Crippen molar-refractivity contribution in [2.75, 3.05) is 0 Å². The fourth-order valence-corrected chi connectivity index (χ4v) is 4.34. The van der Waals surface area contributed by atoms with Gasteiger partial charge in [0.1, 0.15) is 0 Å². The molecule has 1 heteroatoms. The number of hydrogen-bond donors (Lipinski definition) is 0. The van der Waals surface area contributed by atoms with Crippen LogP contribution < -0.4 is 0 Å². The molecule has 0 heterocycles. The van der Waals surface area contributed by atoms with Crippen LogP contribution in [0.4, 0.5) is 0 Å². The molecule has 2 rings (SSSR count). The molecular weight excluding hydrogens is 328 g/mol. The van der Waals surface area contributed by atoms with E-state index in [1.165, 1.54) is 47.9 Å². The fraction of sp³-hybridized carbons (Fsp3) is 0.538. The van der Waals surface area contributed by atoms with Crippen LogP contribution in [0.2, 0.25) is 0 Å². The molecule has 0 aliphatic rings. The lowest BCUT2D eigenvalue weighted by Gasteiger charge is -2.43. The summed E-state index contributed by atoms with van der Waals surface area (Å²) in [7, 11) is 0. The van der Waals surface area contributed by atoms with Gasteiger partial charge in [0.25, 0.3) is 0 Å². The summed E-state index contributed by atoms with van der Waals surface area (Å²) in [5, 5.41) is 0. The molecule has 0 saturated carbocycles. The van der Waals surface area contributed by atoms with Gasteiger partial charge in [-0.25, -0.2) is 0 Å². The zero-order valence-electron chi connectivity index (χ0n) is 18.3. The molecule has 0 N–H and O–H groups in total. The van der Waals surface area contributed by atoms with Gasteiger partial charge < -0.3 is 4.74 Å². The minimum atomic E-state index is -0.286. The van der Waals surface area contributed by atoms with Crippen molar-refractivity contribution >= 4 is 0 Å². The maximum absolute atomic E-state index is 7.16. The first-order valence-electron chi connectivity index (χ1n) is 10.7. The molecule has 0 amide bonds. The first-order chi connectivity index (χ1) is 12.9. The van der Waals surface area contributed by atoms with Crippen molar-refractivity contribution in [3.63, 3.8) is 0 Å². The Morgan fingerprint density at radius 3 is 1.37 bits per heavy atom. The van der Waals surface area contributed by atoms with Gasteiger partial charge in [-0.15, -0.1) is 0 Å². The third kappa shape index (κ3) is 5.23. The predicted molar refractivity (Wildman–Crippen MR) is 117 cm³/mol.